The Morgan fingerprint density at radius 2 is 1.84 bits per heavy atom. The van der Waals surface area contributed by atoms with Crippen LogP contribution in [0.3, 0.4) is 0 Å². The lowest BCUT2D eigenvalue weighted by Gasteiger charge is -2.11. The number of rotatable bonds is 3. The van der Waals surface area contributed by atoms with Crippen molar-refractivity contribution in [3.8, 4) is 0 Å². The minimum Gasteiger partial charge on any atom is -0.298 e. The van der Waals surface area contributed by atoms with Crippen LogP contribution in [0, 0.1) is 10.1 Å². The van der Waals surface area contributed by atoms with Crippen LogP contribution in [-0.4, -0.2) is 19.6 Å². The van der Waals surface area contributed by atoms with E-state index in [-0.39, 0.29) is 18.4 Å². The Morgan fingerprint density at radius 3 is 2.16 bits per heavy atom. The van der Waals surface area contributed by atoms with Crippen molar-refractivity contribution in [3.63, 3.8) is 0 Å². The third-order valence-electron chi connectivity index (χ3n) is 2.02. The summed E-state index contributed by atoms with van der Waals surface area (Å²) in [7, 11) is -0.0625. The van der Waals surface area contributed by atoms with Crippen LogP contribution in [0.4, 0.5) is 18.9 Å². The molecule has 0 N–H and O–H groups in total. The molecule has 0 fully saturated rings. The molecule has 11 heteroatoms. The van der Waals surface area contributed by atoms with Gasteiger partial charge in [0.05, 0.1) is 16.1 Å². The van der Waals surface area contributed by atoms with E-state index in [9.17, 15) is 36.5 Å². The standard InChI is InChI=1S/C8H3ClF3NO5S/c9-19(17,18)7-2-6(13(15)16)4(3-14)1-5(7)8(10,11)12/h1-3H. The third kappa shape index (κ3) is 3.20. The molecule has 0 saturated carbocycles. The molecule has 0 heterocycles. The lowest BCUT2D eigenvalue weighted by atomic mass is 10.1. The van der Waals surface area contributed by atoms with E-state index in [0.717, 1.165) is 0 Å². The fourth-order valence-corrected chi connectivity index (χ4v) is 2.33. The maximum absolute atomic E-state index is 12.6. The fourth-order valence-electron chi connectivity index (χ4n) is 1.26. The number of nitro benzene ring substituents is 1. The Balaban J connectivity index is 3.84. The van der Waals surface area contributed by atoms with Gasteiger partial charge in [0.1, 0.15) is 4.90 Å². The van der Waals surface area contributed by atoms with Crippen LogP contribution in [0.2, 0.25) is 0 Å². The highest BCUT2D eigenvalue weighted by atomic mass is 35.7. The Labute approximate surface area is 108 Å². The summed E-state index contributed by atoms with van der Waals surface area (Å²) in [6.07, 6.45) is -5.32. The van der Waals surface area contributed by atoms with Crippen molar-refractivity contribution in [2.45, 2.75) is 11.1 Å². The number of nitrogens with zero attached hydrogens (tertiary/aromatic N) is 1. The zero-order chi connectivity index (χ0) is 15.0. The van der Waals surface area contributed by atoms with Crippen molar-refractivity contribution >= 4 is 31.7 Å². The van der Waals surface area contributed by atoms with E-state index >= 15 is 0 Å². The van der Waals surface area contributed by atoms with Gasteiger partial charge in [-0.3, -0.25) is 14.9 Å². The molecule has 0 aliphatic carbocycles. The summed E-state index contributed by atoms with van der Waals surface area (Å²) < 4.78 is 59.9. The van der Waals surface area contributed by atoms with Gasteiger partial charge in [-0.1, -0.05) is 0 Å². The average molecular weight is 318 g/mol. The monoisotopic (exact) mass is 317 g/mol. The predicted molar refractivity (Wildman–Crippen MR) is 56.5 cm³/mol. The first-order valence-corrected chi connectivity index (χ1v) is 6.59. The van der Waals surface area contributed by atoms with E-state index < -0.39 is 41.9 Å². The lowest BCUT2D eigenvalue weighted by Crippen LogP contribution is -2.12. The van der Waals surface area contributed by atoms with Gasteiger partial charge >= 0.3 is 6.18 Å². The summed E-state index contributed by atoms with van der Waals surface area (Å²) in [4.78, 5) is 18.4. The van der Waals surface area contributed by atoms with Gasteiger partial charge < -0.3 is 0 Å². The van der Waals surface area contributed by atoms with Crippen molar-refractivity contribution in [1.29, 1.82) is 0 Å². The molecule has 1 aromatic carbocycles. The maximum Gasteiger partial charge on any atom is 0.417 e. The molecule has 0 bridgehead atoms. The molecule has 104 valence electrons. The number of carbonyl (C=O) groups excluding carboxylic acids is 1. The van der Waals surface area contributed by atoms with Crippen LogP contribution >= 0.6 is 10.7 Å². The van der Waals surface area contributed by atoms with Gasteiger partial charge in [-0.05, 0) is 6.07 Å². The minimum absolute atomic E-state index is 0.0698. The number of aldehydes is 1. The smallest absolute Gasteiger partial charge is 0.298 e. The highest BCUT2D eigenvalue weighted by Gasteiger charge is 2.39. The molecule has 0 unspecified atom stereocenters. The second-order valence-corrected chi connectivity index (χ2v) is 5.75. The van der Waals surface area contributed by atoms with E-state index in [1.54, 1.807) is 0 Å². The summed E-state index contributed by atoms with van der Waals surface area (Å²) >= 11 is 0. The van der Waals surface area contributed by atoms with Gasteiger partial charge in [0.25, 0.3) is 14.7 Å². The summed E-state index contributed by atoms with van der Waals surface area (Å²) in [5.74, 6) is 0. The predicted octanol–water partition coefficient (Wildman–Crippen LogP) is 2.35. The molecule has 0 radical (unpaired) electrons. The van der Waals surface area contributed by atoms with E-state index in [1.807, 2.05) is 0 Å². The Morgan fingerprint density at radius 1 is 1.32 bits per heavy atom. The molecule has 0 aliphatic rings. The third-order valence-corrected chi connectivity index (χ3v) is 3.38. The molecule has 0 spiro atoms. The van der Waals surface area contributed by atoms with Crippen molar-refractivity contribution in [3.05, 3.63) is 33.4 Å². The van der Waals surface area contributed by atoms with Crippen LogP contribution < -0.4 is 0 Å². The zero-order valence-electron chi connectivity index (χ0n) is 8.64. The Bertz CT molecular complexity index is 655. The first kappa shape index (κ1) is 15.4. The number of alkyl halides is 3. The lowest BCUT2D eigenvalue weighted by molar-refractivity contribution is -0.385. The molecular formula is C8H3ClF3NO5S. The van der Waals surface area contributed by atoms with Crippen LogP contribution in [0.5, 0.6) is 0 Å². The van der Waals surface area contributed by atoms with Crippen molar-refractivity contribution in [1.82, 2.24) is 0 Å². The first-order valence-electron chi connectivity index (χ1n) is 4.28. The van der Waals surface area contributed by atoms with Crippen molar-refractivity contribution < 1.29 is 31.3 Å². The van der Waals surface area contributed by atoms with E-state index in [2.05, 4.69) is 0 Å². The first-order chi connectivity index (χ1) is 8.48. The quantitative estimate of drug-likeness (QED) is 0.369. The van der Waals surface area contributed by atoms with Gasteiger partial charge in [-0.25, -0.2) is 8.42 Å². The number of carbonyl (C=O) groups is 1. The zero-order valence-corrected chi connectivity index (χ0v) is 10.2. The highest BCUT2D eigenvalue weighted by molar-refractivity contribution is 8.13. The van der Waals surface area contributed by atoms with Crippen LogP contribution in [0.25, 0.3) is 0 Å². The summed E-state index contributed by atoms with van der Waals surface area (Å²) in [6.45, 7) is 0. The molecule has 19 heavy (non-hydrogen) atoms. The van der Waals surface area contributed by atoms with Gasteiger partial charge in [-0.15, -0.1) is 0 Å². The molecule has 0 aliphatic heterocycles. The minimum atomic E-state index is -5.13. The topological polar surface area (TPSA) is 94.3 Å². The molecular weight excluding hydrogens is 315 g/mol. The van der Waals surface area contributed by atoms with E-state index in [0.29, 0.717) is 0 Å². The summed E-state index contributed by atoms with van der Waals surface area (Å²) in [5, 5.41) is 10.5. The number of nitro groups is 1. The fraction of sp³-hybridized carbons (Fsp3) is 0.125. The van der Waals surface area contributed by atoms with Crippen LogP contribution in [-0.2, 0) is 15.2 Å². The van der Waals surface area contributed by atoms with Gasteiger partial charge in [0, 0.05) is 16.7 Å². The van der Waals surface area contributed by atoms with E-state index in [1.165, 1.54) is 0 Å². The normalized spacial score (nSPS) is 12.2. The van der Waals surface area contributed by atoms with Crippen molar-refractivity contribution in [2.24, 2.45) is 0 Å². The number of hydrogen-bond acceptors (Lipinski definition) is 5. The summed E-state index contributed by atoms with van der Waals surface area (Å²) in [6, 6.07) is 0.176. The molecule has 1 aromatic rings. The second-order valence-electron chi connectivity index (χ2n) is 3.22. The number of hydrogen-bond donors (Lipinski definition) is 0. The van der Waals surface area contributed by atoms with E-state index in [4.69, 9.17) is 10.7 Å². The molecule has 0 saturated heterocycles. The number of benzene rings is 1. The molecule has 0 atom stereocenters. The van der Waals surface area contributed by atoms with Crippen LogP contribution in [0.1, 0.15) is 15.9 Å². The maximum atomic E-state index is 12.6. The molecule has 6 nitrogen and oxygen atoms in total. The Hall–Kier alpha value is -1.68. The van der Waals surface area contributed by atoms with Crippen molar-refractivity contribution in [2.75, 3.05) is 0 Å². The van der Waals surface area contributed by atoms with Gasteiger partial charge in [-0.2, -0.15) is 13.2 Å². The second kappa shape index (κ2) is 4.78. The number of halogens is 4. The molecule has 1 rings (SSSR count). The van der Waals surface area contributed by atoms with Gasteiger partial charge in [0.15, 0.2) is 6.29 Å². The highest BCUT2D eigenvalue weighted by Crippen LogP contribution is 2.38. The van der Waals surface area contributed by atoms with Gasteiger partial charge in [0.2, 0.25) is 0 Å². The van der Waals surface area contributed by atoms with Crippen LogP contribution in [0.15, 0.2) is 17.0 Å². The Kier molecular flexibility index (Phi) is 3.87. The largest absolute Gasteiger partial charge is 0.417 e. The SMILES string of the molecule is O=Cc1cc(C(F)(F)F)c(S(=O)(=O)Cl)cc1[N+](=O)[O-]. The molecule has 0 amide bonds. The summed E-state index contributed by atoms with van der Waals surface area (Å²) in [5.41, 5.74) is -3.72. The average Bonchev–Trinajstić information content (AvgIpc) is 2.24. The molecule has 0 aromatic heterocycles.